The van der Waals surface area contributed by atoms with E-state index in [4.69, 9.17) is 11.6 Å². The average molecular weight is 304 g/mol. The zero-order chi connectivity index (χ0) is 15.4. The number of hydrogen-bond acceptors (Lipinski definition) is 3. The Morgan fingerprint density at radius 3 is 2.43 bits per heavy atom. The Morgan fingerprint density at radius 1 is 1.19 bits per heavy atom. The van der Waals surface area contributed by atoms with Gasteiger partial charge in [-0.3, -0.25) is 10.1 Å². The number of benzene rings is 2. The van der Waals surface area contributed by atoms with E-state index in [1.54, 1.807) is 30.3 Å². The first kappa shape index (κ1) is 14.7. The number of carboxylic acids is 1. The summed E-state index contributed by atoms with van der Waals surface area (Å²) in [6.45, 7) is 0. The standard InChI is InChI=1S/C15H10ClNO4/c16-12-6-4-11(5-7-12)14(15(18)19)9-10-2-1-3-13(8-10)17(20)21/h1-9H,(H,18,19)/b14-9+. The highest BCUT2D eigenvalue weighted by Gasteiger charge is 2.12. The lowest BCUT2D eigenvalue weighted by Gasteiger charge is -2.03. The molecule has 0 unspecified atom stereocenters. The van der Waals surface area contributed by atoms with Gasteiger partial charge in [0.15, 0.2) is 0 Å². The van der Waals surface area contributed by atoms with Crippen molar-refractivity contribution in [1.29, 1.82) is 0 Å². The summed E-state index contributed by atoms with van der Waals surface area (Å²) in [6.07, 6.45) is 1.39. The molecule has 0 radical (unpaired) electrons. The van der Waals surface area contributed by atoms with E-state index in [9.17, 15) is 20.0 Å². The van der Waals surface area contributed by atoms with Crippen molar-refractivity contribution in [1.82, 2.24) is 0 Å². The van der Waals surface area contributed by atoms with Crippen LogP contribution in [0.25, 0.3) is 11.6 Å². The van der Waals surface area contributed by atoms with Crippen molar-refractivity contribution in [3.63, 3.8) is 0 Å². The molecule has 1 N–H and O–H groups in total. The first-order chi connectivity index (χ1) is 9.97. The molecule has 0 aromatic heterocycles. The Balaban J connectivity index is 2.47. The average Bonchev–Trinajstić information content (AvgIpc) is 2.46. The predicted octanol–water partition coefficient (Wildman–Crippen LogP) is 3.87. The molecule has 2 rings (SSSR count). The van der Waals surface area contributed by atoms with E-state index >= 15 is 0 Å². The molecule has 0 aliphatic rings. The van der Waals surface area contributed by atoms with E-state index < -0.39 is 10.9 Å². The van der Waals surface area contributed by atoms with Gasteiger partial charge in [-0.1, -0.05) is 35.9 Å². The minimum absolute atomic E-state index is 0.0344. The van der Waals surface area contributed by atoms with Gasteiger partial charge in [0.2, 0.25) is 0 Å². The molecule has 6 heteroatoms. The van der Waals surface area contributed by atoms with Gasteiger partial charge in [-0.25, -0.2) is 4.79 Å². The zero-order valence-corrected chi connectivity index (χ0v) is 11.4. The summed E-state index contributed by atoms with van der Waals surface area (Å²) in [6, 6.07) is 12.1. The maximum absolute atomic E-state index is 11.4. The van der Waals surface area contributed by atoms with E-state index in [1.165, 1.54) is 24.3 Å². The van der Waals surface area contributed by atoms with Gasteiger partial charge in [0.1, 0.15) is 0 Å². The largest absolute Gasteiger partial charge is 0.478 e. The van der Waals surface area contributed by atoms with Crippen LogP contribution in [0.5, 0.6) is 0 Å². The molecule has 21 heavy (non-hydrogen) atoms. The quantitative estimate of drug-likeness (QED) is 0.402. The van der Waals surface area contributed by atoms with Gasteiger partial charge >= 0.3 is 5.97 Å². The lowest BCUT2D eigenvalue weighted by atomic mass is 10.0. The minimum atomic E-state index is -1.12. The fourth-order valence-electron chi connectivity index (χ4n) is 1.79. The molecule has 2 aromatic rings. The zero-order valence-electron chi connectivity index (χ0n) is 10.7. The Morgan fingerprint density at radius 2 is 1.86 bits per heavy atom. The minimum Gasteiger partial charge on any atom is -0.478 e. The van der Waals surface area contributed by atoms with Gasteiger partial charge in [0.25, 0.3) is 5.69 Å². The Hall–Kier alpha value is -2.66. The second-order valence-corrected chi connectivity index (χ2v) is 4.66. The molecule has 0 bridgehead atoms. The summed E-state index contributed by atoms with van der Waals surface area (Å²) < 4.78 is 0. The molecule has 0 aliphatic heterocycles. The molecular formula is C15H10ClNO4. The van der Waals surface area contributed by atoms with Crippen LogP contribution < -0.4 is 0 Å². The molecule has 0 heterocycles. The van der Waals surface area contributed by atoms with Crippen LogP contribution in [0, 0.1) is 10.1 Å². The van der Waals surface area contributed by atoms with Gasteiger partial charge in [-0.15, -0.1) is 0 Å². The summed E-state index contributed by atoms with van der Waals surface area (Å²) in [4.78, 5) is 21.6. The highest BCUT2D eigenvalue weighted by molar-refractivity contribution is 6.30. The van der Waals surface area contributed by atoms with Crippen molar-refractivity contribution in [3.05, 3.63) is 74.8 Å². The highest BCUT2D eigenvalue weighted by atomic mass is 35.5. The van der Waals surface area contributed by atoms with E-state index in [1.807, 2.05) is 0 Å². The van der Waals surface area contributed by atoms with Gasteiger partial charge in [0, 0.05) is 17.2 Å². The SMILES string of the molecule is O=C(O)/C(=C/c1cccc([N+](=O)[O-])c1)c1ccc(Cl)cc1. The Kier molecular flexibility index (Phi) is 4.35. The van der Waals surface area contributed by atoms with Crippen molar-refractivity contribution in [3.8, 4) is 0 Å². The van der Waals surface area contributed by atoms with Crippen LogP contribution in [-0.2, 0) is 4.79 Å². The Labute approximate surface area is 125 Å². The first-order valence-electron chi connectivity index (χ1n) is 5.93. The number of rotatable bonds is 4. The first-order valence-corrected chi connectivity index (χ1v) is 6.30. The van der Waals surface area contributed by atoms with Crippen LogP contribution in [0.3, 0.4) is 0 Å². The lowest BCUT2D eigenvalue weighted by Crippen LogP contribution is -1.99. The number of nitro groups is 1. The van der Waals surface area contributed by atoms with E-state index in [0.29, 0.717) is 16.1 Å². The van der Waals surface area contributed by atoms with Crippen LogP contribution in [0.2, 0.25) is 5.02 Å². The van der Waals surface area contributed by atoms with Crippen LogP contribution in [0.4, 0.5) is 5.69 Å². The molecule has 0 saturated carbocycles. The predicted molar refractivity (Wildman–Crippen MR) is 80.1 cm³/mol. The number of nitrogens with zero attached hydrogens (tertiary/aromatic N) is 1. The van der Waals surface area contributed by atoms with E-state index in [2.05, 4.69) is 0 Å². The van der Waals surface area contributed by atoms with Crippen molar-refractivity contribution in [2.45, 2.75) is 0 Å². The van der Waals surface area contributed by atoms with Crippen LogP contribution >= 0.6 is 11.6 Å². The van der Waals surface area contributed by atoms with Crippen LogP contribution in [0.15, 0.2) is 48.5 Å². The van der Waals surface area contributed by atoms with Crippen molar-refractivity contribution < 1.29 is 14.8 Å². The smallest absolute Gasteiger partial charge is 0.336 e. The second-order valence-electron chi connectivity index (χ2n) is 4.22. The number of carboxylic acid groups (broad SMARTS) is 1. The number of aliphatic carboxylic acids is 1. The summed E-state index contributed by atoms with van der Waals surface area (Å²) in [5, 5.41) is 20.5. The summed E-state index contributed by atoms with van der Waals surface area (Å²) in [5.74, 6) is -1.12. The number of nitro benzene ring substituents is 1. The summed E-state index contributed by atoms with van der Waals surface area (Å²) in [5.41, 5.74) is 0.853. The molecular weight excluding hydrogens is 294 g/mol. The van der Waals surface area contributed by atoms with E-state index in [-0.39, 0.29) is 11.3 Å². The van der Waals surface area contributed by atoms with Crippen LogP contribution in [0.1, 0.15) is 11.1 Å². The molecule has 0 amide bonds. The van der Waals surface area contributed by atoms with Crippen molar-refractivity contribution in [2.24, 2.45) is 0 Å². The Bertz CT molecular complexity index is 723. The fraction of sp³-hybridized carbons (Fsp3) is 0. The van der Waals surface area contributed by atoms with Crippen molar-refractivity contribution >= 4 is 34.9 Å². The number of hydrogen-bond donors (Lipinski definition) is 1. The highest BCUT2D eigenvalue weighted by Crippen LogP contribution is 2.22. The van der Waals surface area contributed by atoms with Crippen LogP contribution in [-0.4, -0.2) is 16.0 Å². The third kappa shape index (κ3) is 3.67. The monoisotopic (exact) mass is 303 g/mol. The molecule has 106 valence electrons. The molecule has 0 saturated heterocycles. The maximum Gasteiger partial charge on any atom is 0.336 e. The third-order valence-electron chi connectivity index (χ3n) is 2.78. The van der Waals surface area contributed by atoms with Gasteiger partial charge in [0.05, 0.1) is 10.5 Å². The third-order valence-corrected chi connectivity index (χ3v) is 3.03. The second kappa shape index (κ2) is 6.19. The lowest BCUT2D eigenvalue weighted by molar-refractivity contribution is -0.384. The molecule has 0 aliphatic carbocycles. The van der Waals surface area contributed by atoms with Crippen molar-refractivity contribution in [2.75, 3.05) is 0 Å². The fourth-order valence-corrected chi connectivity index (χ4v) is 1.92. The molecule has 0 fully saturated rings. The molecule has 0 atom stereocenters. The molecule has 5 nitrogen and oxygen atoms in total. The number of non-ortho nitro benzene ring substituents is 1. The topological polar surface area (TPSA) is 80.4 Å². The molecule has 0 spiro atoms. The normalized spacial score (nSPS) is 11.2. The summed E-state index contributed by atoms with van der Waals surface area (Å²) >= 11 is 5.77. The van der Waals surface area contributed by atoms with Gasteiger partial charge < -0.3 is 5.11 Å². The number of carbonyl (C=O) groups is 1. The van der Waals surface area contributed by atoms with Gasteiger partial charge in [-0.05, 0) is 29.3 Å². The maximum atomic E-state index is 11.4. The van der Waals surface area contributed by atoms with Gasteiger partial charge in [-0.2, -0.15) is 0 Å². The number of halogens is 1. The summed E-state index contributed by atoms with van der Waals surface area (Å²) in [7, 11) is 0. The molecule has 2 aromatic carbocycles. The van der Waals surface area contributed by atoms with E-state index in [0.717, 1.165) is 0 Å².